The highest BCUT2D eigenvalue weighted by Crippen LogP contribution is 2.26. The number of nitrogens with zero attached hydrogens (tertiary/aromatic N) is 4. The SMILES string of the molecule is CCc1nnsc1C(N)Cc1nn(CC)c2ccccc12. The lowest BCUT2D eigenvalue weighted by Crippen LogP contribution is -2.14. The largest absolute Gasteiger partial charge is 0.323 e. The van der Waals surface area contributed by atoms with Crippen molar-refractivity contribution in [2.45, 2.75) is 39.3 Å². The van der Waals surface area contributed by atoms with E-state index in [4.69, 9.17) is 10.8 Å². The fourth-order valence-electron chi connectivity index (χ4n) is 2.63. The third-order valence-electron chi connectivity index (χ3n) is 3.70. The Balaban J connectivity index is 1.95. The second kappa shape index (κ2) is 5.91. The molecule has 0 aliphatic heterocycles. The van der Waals surface area contributed by atoms with Crippen LogP contribution in [-0.2, 0) is 19.4 Å². The van der Waals surface area contributed by atoms with Crippen molar-refractivity contribution in [2.75, 3.05) is 0 Å². The Bertz CT molecular complexity index is 745. The van der Waals surface area contributed by atoms with Crippen molar-refractivity contribution in [2.24, 2.45) is 5.73 Å². The molecule has 0 saturated carbocycles. The minimum Gasteiger partial charge on any atom is -0.323 e. The summed E-state index contributed by atoms with van der Waals surface area (Å²) in [6.45, 7) is 5.04. The molecule has 5 nitrogen and oxygen atoms in total. The zero-order valence-electron chi connectivity index (χ0n) is 12.3. The number of fused-ring (bicyclic) bond motifs is 1. The van der Waals surface area contributed by atoms with E-state index in [2.05, 4.69) is 35.6 Å². The van der Waals surface area contributed by atoms with E-state index in [1.54, 1.807) is 0 Å². The molecule has 0 bridgehead atoms. The molecular formula is C15H19N5S. The summed E-state index contributed by atoms with van der Waals surface area (Å²) in [4.78, 5) is 1.08. The number of rotatable bonds is 5. The highest BCUT2D eigenvalue weighted by molar-refractivity contribution is 7.05. The average molecular weight is 301 g/mol. The van der Waals surface area contributed by atoms with Crippen LogP contribution in [-0.4, -0.2) is 19.4 Å². The summed E-state index contributed by atoms with van der Waals surface area (Å²) < 4.78 is 6.06. The Morgan fingerprint density at radius 1 is 1.24 bits per heavy atom. The van der Waals surface area contributed by atoms with Gasteiger partial charge < -0.3 is 5.73 Å². The monoisotopic (exact) mass is 301 g/mol. The Morgan fingerprint density at radius 2 is 2.05 bits per heavy atom. The second-order valence-electron chi connectivity index (χ2n) is 5.03. The molecule has 0 spiro atoms. The zero-order valence-corrected chi connectivity index (χ0v) is 13.1. The molecule has 0 amide bonds. The van der Waals surface area contributed by atoms with E-state index in [-0.39, 0.29) is 6.04 Å². The zero-order chi connectivity index (χ0) is 14.8. The second-order valence-corrected chi connectivity index (χ2v) is 5.81. The normalized spacial score (nSPS) is 12.9. The molecule has 2 heterocycles. The van der Waals surface area contributed by atoms with Crippen LogP contribution in [0.25, 0.3) is 10.9 Å². The standard InChI is InChI=1S/C15H19N5S/c1-3-12-15(21-19-17-12)11(16)9-13-10-7-5-6-8-14(10)20(4-2)18-13/h5-8,11H,3-4,9,16H2,1-2H3. The smallest absolute Gasteiger partial charge is 0.0801 e. The predicted octanol–water partition coefficient (Wildman–Crippen LogP) is 2.71. The Hall–Kier alpha value is -1.79. The van der Waals surface area contributed by atoms with Gasteiger partial charge in [0.05, 0.1) is 21.8 Å². The molecule has 21 heavy (non-hydrogen) atoms. The van der Waals surface area contributed by atoms with Crippen LogP contribution in [0.2, 0.25) is 0 Å². The van der Waals surface area contributed by atoms with E-state index < -0.39 is 0 Å². The topological polar surface area (TPSA) is 69.6 Å². The van der Waals surface area contributed by atoms with Crippen molar-refractivity contribution in [3.63, 3.8) is 0 Å². The summed E-state index contributed by atoms with van der Waals surface area (Å²) >= 11 is 1.40. The van der Waals surface area contributed by atoms with Crippen molar-refractivity contribution >= 4 is 22.4 Å². The van der Waals surface area contributed by atoms with Crippen LogP contribution in [0.5, 0.6) is 0 Å². The van der Waals surface area contributed by atoms with Gasteiger partial charge in [-0.05, 0) is 30.9 Å². The van der Waals surface area contributed by atoms with Gasteiger partial charge in [0.25, 0.3) is 0 Å². The van der Waals surface area contributed by atoms with E-state index in [1.165, 1.54) is 22.4 Å². The average Bonchev–Trinajstić information content (AvgIpc) is 3.12. The Morgan fingerprint density at radius 3 is 2.81 bits per heavy atom. The third-order valence-corrected chi connectivity index (χ3v) is 4.60. The first-order chi connectivity index (χ1) is 10.2. The number of hydrogen-bond donors (Lipinski definition) is 1. The van der Waals surface area contributed by atoms with Crippen molar-refractivity contribution in [1.29, 1.82) is 0 Å². The minimum atomic E-state index is -0.0939. The van der Waals surface area contributed by atoms with Gasteiger partial charge in [0.2, 0.25) is 0 Å². The van der Waals surface area contributed by atoms with Gasteiger partial charge in [0.1, 0.15) is 0 Å². The predicted molar refractivity (Wildman–Crippen MR) is 85.3 cm³/mol. The number of benzene rings is 1. The van der Waals surface area contributed by atoms with E-state index in [0.29, 0.717) is 6.42 Å². The van der Waals surface area contributed by atoms with Gasteiger partial charge in [-0.1, -0.05) is 29.6 Å². The lowest BCUT2D eigenvalue weighted by atomic mass is 10.1. The van der Waals surface area contributed by atoms with Crippen LogP contribution in [0, 0.1) is 0 Å². The molecule has 6 heteroatoms. The van der Waals surface area contributed by atoms with Gasteiger partial charge in [0.15, 0.2) is 0 Å². The summed E-state index contributed by atoms with van der Waals surface area (Å²) in [5, 5.41) is 10.0. The van der Waals surface area contributed by atoms with E-state index in [9.17, 15) is 0 Å². The van der Waals surface area contributed by atoms with Crippen molar-refractivity contribution in [1.82, 2.24) is 19.4 Å². The lowest BCUT2D eigenvalue weighted by Gasteiger charge is -2.08. The molecule has 0 aliphatic carbocycles. The van der Waals surface area contributed by atoms with E-state index in [0.717, 1.165) is 29.2 Å². The highest BCUT2D eigenvalue weighted by atomic mass is 32.1. The Kier molecular flexibility index (Phi) is 3.98. The fraction of sp³-hybridized carbons (Fsp3) is 0.400. The number of aryl methyl sites for hydroxylation is 2. The Labute approximate surface area is 127 Å². The maximum Gasteiger partial charge on any atom is 0.0801 e. The first kappa shape index (κ1) is 14.2. The quantitative estimate of drug-likeness (QED) is 0.786. The molecule has 1 atom stereocenters. The molecule has 3 rings (SSSR count). The van der Waals surface area contributed by atoms with Crippen LogP contribution in [0.4, 0.5) is 0 Å². The summed E-state index contributed by atoms with van der Waals surface area (Å²) in [7, 11) is 0. The number of aromatic nitrogens is 4. The first-order valence-electron chi connectivity index (χ1n) is 7.25. The maximum absolute atomic E-state index is 6.37. The molecule has 3 aromatic rings. The summed E-state index contributed by atoms with van der Waals surface area (Å²) in [5.41, 5.74) is 9.60. The number of nitrogens with two attached hydrogens (primary N) is 1. The van der Waals surface area contributed by atoms with Crippen LogP contribution in [0.1, 0.15) is 36.2 Å². The molecule has 0 aliphatic rings. The molecule has 1 unspecified atom stereocenters. The maximum atomic E-state index is 6.37. The van der Waals surface area contributed by atoms with Gasteiger partial charge in [-0.25, -0.2) is 0 Å². The minimum absolute atomic E-state index is 0.0939. The van der Waals surface area contributed by atoms with E-state index >= 15 is 0 Å². The van der Waals surface area contributed by atoms with Gasteiger partial charge in [-0.3, -0.25) is 4.68 Å². The van der Waals surface area contributed by atoms with Gasteiger partial charge in [0, 0.05) is 24.4 Å². The lowest BCUT2D eigenvalue weighted by molar-refractivity contribution is 0.642. The van der Waals surface area contributed by atoms with Crippen molar-refractivity contribution in [3.05, 3.63) is 40.5 Å². The fourth-order valence-corrected chi connectivity index (χ4v) is 3.37. The molecular weight excluding hydrogens is 282 g/mol. The van der Waals surface area contributed by atoms with Crippen LogP contribution < -0.4 is 5.73 Å². The molecule has 0 fully saturated rings. The van der Waals surface area contributed by atoms with Gasteiger partial charge in [-0.2, -0.15) is 5.10 Å². The van der Waals surface area contributed by atoms with Gasteiger partial charge in [-0.15, -0.1) is 5.10 Å². The van der Waals surface area contributed by atoms with Crippen LogP contribution in [0.3, 0.4) is 0 Å². The van der Waals surface area contributed by atoms with E-state index in [1.807, 2.05) is 16.8 Å². The molecule has 2 aromatic heterocycles. The van der Waals surface area contributed by atoms with Crippen LogP contribution in [0.15, 0.2) is 24.3 Å². The third kappa shape index (κ3) is 2.56. The van der Waals surface area contributed by atoms with Crippen LogP contribution >= 0.6 is 11.5 Å². The van der Waals surface area contributed by atoms with Gasteiger partial charge >= 0.3 is 0 Å². The number of para-hydroxylation sites is 1. The van der Waals surface area contributed by atoms with Crippen molar-refractivity contribution in [3.8, 4) is 0 Å². The molecule has 0 saturated heterocycles. The molecule has 110 valence electrons. The van der Waals surface area contributed by atoms with Crippen molar-refractivity contribution < 1.29 is 0 Å². The molecule has 0 radical (unpaired) electrons. The number of hydrogen-bond acceptors (Lipinski definition) is 5. The highest BCUT2D eigenvalue weighted by Gasteiger charge is 2.18. The summed E-state index contributed by atoms with van der Waals surface area (Å²) in [6, 6.07) is 8.21. The first-order valence-corrected chi connectivity index (χ1v) is 8.03. The summed E-state index contributed by atoms with van der Waals surface area (Å²) in [6.07, 6.45) is 1.58. The molecule has 1 aromatic carbocycles. The molecule has 2 N–H and O–H groups in total. The summed E-state index contributed by atoms with van der Waals surface area (Å²) in [5.74, 6) is 0.